The van der Waals surface area contributed by atoms with Crippen molar-refractivity contribution in [3.63, 3.8) is 0 Å². The molecule has 0 atom stereocenters. The van der Waals surface area contributed by atoms with E-state index in [1.807, 2.05) is 13.8 Å². The molecule has 0 saturated carbocycles. The zero-order valence-electron chi connectivity index (χ0n) is 19.5. The van der Waals surface area contributed by atoms with Gasteiger partial charge in [0.2, 0.25) is 0 Å². The van der Waals surface area contributed by atoms with Crippen molar-refractivity contribution in [2.45, 2.75) is 31.8 Å². The number of fused-ring (bicyclic) bond motifs is 1. The van der Waals surface area contributed by atoms with Crippen molar-refractivity contribution in [1.82, 2.24) is 14.7 Å². The van der Waals surface area contributed by atoms with Crippen molar-refractivity contribution in [1.29, 1.82) is 0 Å². The number of aromatic nitrogens is 2. The third-order valence-corrected chi connectivity index (χ3v) is 5.83. The molecule has 8 nitrogen and oxygen atoms in total. The highest BCUT2D eigenvalue weighted by molar-refractivity contribution is 6.04. The lowest BCUT2D eigenvalue weighted by atomic mass is 9.99. The van der Waals surface area contributed by atoms with Gasteiger partial charge in [-0.15, -0.1) is 0 Å². The number of anilines is 1. The number of nitrogens with zero attached hydrogens (tertiary/aromatic N) is 3. The van der Waals surface area contributed by atoms with Gasteiger partial charge in [0.25, 0.3) is 17.7 Å². The van der Waals surface area contributed by atoms with Gasteiger partial charge in [0.1, 0.15) is 22.8 Å². The summed E-state index contributed by atoms with van der Waals surface area (Å²) in [4.78, 5) is 26.4. The van der Waals surface area contributed by atoms with Crippen LogP contribution in [0.2, 0.25) is 0 Å². The molecule has 0 unspecified atom stereocenters. The van der Waals surface area contributed by atoms with Gasteiger partial charge < -0.3 is 19.7 Å². The Kier molecular flexibility index (Phi) is 5.26. The first-order valence-electron chi connectivity index (χ1n) is 11.1. The number of amides is 2. The normalized spacial score (nSPS) is 17.2. The Morgan fingerprint density at radius 2 is 1.80 bits per heavy atom. The third kappa shape index (κ3) is 4.68. The van der Waals surface area contributed by atoms with E-state index < -0.39 is 30.5 Å². The van der Waals surface area contributed by atoms with Crippen LogP contribution in [0.15, 0.2) is 48.7 Å². The van der Waals surface area contributed by atoms with Crippen molar-refractivity contribution >= 4 is 17.6 Å². The van der Waals surface area contributed by atoms with Crippen LogP contribution in [0.1, 0.15) is 40.1 Å². The number of halogens is 2. The first-order chi connectivity index (χ1) is 16.5. The lowest BCUT2D eigenvalue weighted by Crippen LogP contribution is -2.58. The van der Waals surface area contributed by atoms with Crippen LogP contribution in [0.25, 0.3) is 0 Å². The molecular weight excluding hydrogens is 458 g/mol. The largest absolute Gasteiger partial charge is 0.487 e. The number of carbonyl (C=O) groups excluding carboxylic acids is 2. The number of alkyl halides is 2. The van der Waals surface area contributed by atoms with Crippen LogP contribution >= 0.6 is 0 Å². The Morgan fingerprint density at radius 1 is 1.09 bits per heavy atom. The molecule has 2 aliphatic rings. The maximum Gasteiger partial charge on any atom is 0.282 e. The molecule has 0 aliphatic carbocycles. The van der Waals surface area contributed by atoms with Gasteiger partial charge in [0.15, 0.2) is 5.82 Å². The summed E-state index contributed by atoms with van der Waals surface area (Å²) in [5.41, 5.74) is 0.998. The summed E-state index contributed by atoms with van der Waals surface area (Å²) in [6, 6.07) is 11.3. The molecule has 1 N–H and O–H groups in total. The number of ether oxygens (including phenoxy) is 2. The number of benzene rings is 2. The number of nitrogens with one attached hydrogen (secondary N) is 1. The second-order valence-corrected chi connectivity index (χ2v) is 9.46. The average molecular weight is 482 g/mol. The molecule has 2 aromatic carbocycles. The molecule has 1 fully saturated rings. The standard InChI is InChI=1S/C25H24F2N4O4/c1-24(2)12-18-19(10-16(11-20(18)35-24)22(32)28-21-8-9-30(3)29-21)34-17-6-4-15(5-7-17)23(33)31-13-25(26,27)14-31/h4-11H,12-14H2,1-3H3,(H,28,29,32). The van der Waals surface area contributed by atoms with E-state index in [1.165, 1.54) is 12.1 Å². The fraction of sp³-hybridized carbons (Fsp3) is 0.320. The Bertz CT molecular complexity index is 1310. The molecule has 10 heteroatoms. The summed E-state index contributed by atoms with van der Waals surface area (Å²) in [5, 5.41) is 6.92. The Hall–Kier alpha value is -3.95. The maximum atomic E-state index is 13.1. The van der Waals surface area contributed by atoms with E-state index in [-0.39, 0.29) is 5.91 Å². The fourth-order valence-corrected chi connectivity index (χ4v) is 4.17. The molecule has 0 spiro atoms. The Labute approximate surface area is 200 Å². The second kappa shape index (κ2) is 8.07. The van der Waals surface area contributed by atoms with Crippen LogP contribution in [0.4, 0.5) is 14.6 Å². The lowest BCUT2D eigenvalue weighted by molar-refractivity contribution is -0.113. The molecule has 2 amide bonds. The van der Waals surface area contributed by atoms with Gasteiger partial charge in [-0.1, -0.05) is 0 Å². The molecule has 3 aromatic rings. The van der Waals surface area contributed by atoms with Gasteiger partial charge >= 0.3 is 0 Å². The molecule has 182 valence electrons. The summed E-state index contributed by atoms with van der Waals surface area (Å²) in [7, 11) is 1.75. The maximum absolute atomic E-state index is 13.1. The zero-order valence-corrected chi connectivity index (χ0v) is 19.5. The van der Waals surface area contributed by atoms with Crippen LogP contribution in [-0.2, 0) is 13.5 Å². The highest BCUT2D eigenvalue weighted by Crippen LogP contribution is 2.43. The van der Waals surface area contributed by atoms with Crippen molar-refractivity contribution in [3.05, 3.63) is 65.4 Å². The van der Waals surface area contributed by atoms with E-state index in [1.54, 1.807) is 48.3 Å². The molecule has 5 rings (SSSR count). The minimum atomic E-state index is -2.82. The second-order valence-electron chi connectivity index (χ2n) is 9.46. The van der Waals surface area contributed by atoms with Crippen LogP contribution in [-0.4, -0.2) is 51.1 Å². The number of carbonyl (C=O) groups is 2. The SMILES string of the molecule is Cn1ccc(NC(=O)c2cc(Oc3ccc(C(=O)N4CC(F)(F)C4)cc3)c3c(c2)OC(C)(C)C3)n1. The van der Waals surface area contributed by atoms with E-state index in [0.717, 1.165) is 10.5 Å². The minimum Gasteiger partial charge on any atom is -0.487 e. The van der Waals surface area contributed by atoms with Gasteiger partial charge in [-0.3, -0.25) is 14.3 Å². The molecule has 1 aromatic heterocycles. The summed E-state index contributed by atoms with van der Waals surface area (Å²) in [6.45, 7) is 2.76. The molecular formula is C25H24F2N4O4. The Balaban J connectivity index is 1.38. The number of aryl methyl sites for hydroxylation is 1. The first kappa shape index (κ1) is 22.8. The van der Waals surface area contributed by atoms with Crippen LogP contribution in [0.3, 0.4) is 0 Å². The monoisotopic (exact) mass is 482 g/mol. The van der Waals surface area contributed by atoms with Crippen LogP contribution in [0, 0.1) is 0 Å². The predicted octanol–water partition coefficient (Wildman–Crippen LogP) is 4.27. The van der Waals surface area contributed by atoms with E-state index in [4.69, 9.17) is 9.47 Å². The van der Waals surface area contributed by atoms with E-state index >= 15 is 0 Å². The van der Waals surface area contributed by atoms with Crippen LogP contribution < -0.4 is 14.8 Å². The summed E-state index contributed by atoms with van der Waals surface area (Å²) in [6.07, 6.45) is 2.31. The zero-order chi connectivity index (χ0) is 25.0. The highest BCUT2D eigenvalue weighted by atomic mass is 19.3. The molecule has 1 saturated heterocycles. The lowest BCUT2D eigenvalue weighted by Gasteiger charge is -2.38. The van der Waals surface area contributed by atoms with E-state index in [9.17, 15) is 18.4 Å². The molecule has 2 aliphatic heterocycles. The molecule has 35 heavy (non-hydrogen) atoms. The fourth-order valence-electron chi connectivity index (χ4n) is 4.17. The van der Waals surface area contributed by atoms with Gasteiger partial charge in [0.05, 0.1) is 13.1 Å². The van der Waals surface area contributed by atoms with E-state index in [2.05, 4.69) is 10.4 Å². The van der Waals surface area contributed by atoms with Gasteiger partial charge in [0, 0.05) is 42.4 Å². The van der Waals surface area contributed by atoms with Gasteiger partial charge in [-0.05, 0) is 50.2 Å². The predicted molar refractivity (Wildman–Crippen MR) is 123 cm³/mol. The first-order valence-corrected chi connectivity index (χ1v) is 11.1. The molecule has 3 heterocycles. The van der Waals surface area contributed by atoms with Gasteiger partial charge in [-0.2, -0.15) is 5.10 Å². The molecule has 0 bridgehead atoms. The number of hydrogen-bond donors (Lipinski definition) is 1. The number of hydrogen-bond acceptors (Lipinski definition) is 5. The summed E-state index contributed by atoms with van der Waals surface area (Å²) >= 11 is 0. The van der Waals surface area contributed by atoms with Crippen molar-refractivity contribution < 1.29 is 27.8 Å². The third-order valence-electron chi connectivity index (χ3n) is 5.83. The number of likely N-dealkylation sites (tertiary alicyclic amines) is 1. The van der Waals surface area contributed by atoms with E-state index in [0.29, 0.717) is 40.6 Å². The summed E-state index contributed by atoms with van der Waals surface area (Å²) < 4.78 is 39.9. The highest BCUT2D eigenvalue weighted by Gasteiger charge is 2.46. The van der Waals surface area contributed by atoms with Crippen LogP contribution in [0.5, 0.6) is 17.2 Å². The smallest absolute Gasteiger partial charge is 0.282 e. The topological polar surface area (TPSA) is 85.7 Å². The number of rotatable bonds is 5. The Morgan fingerprint density at radius 3 is 2.43 bits per heavy atom. The summed E-state index contributed by atoms with van der Waals surface area (Å²) in [5.74, 6) is -1.76. The van der Waals surface area contributed by atoms with Crippen molar-refractivity contribution in [2.24, 2.45) is 7.05 Å². The average Bonchev–Trinajstić information content (AvgIpc) is 3.32. The van der Waals surface area contributed by atoms with Gasteiger partial charge in [-0.25, -0.2) is 8.78 Å². The minimum absolute atomic E-state index is 0.297. The van der Waals surface area contributed by atoms with Crippen molar-refractivity contribution in [2.75, 3.05) is 18.4 Å². The molecule has 0 radical (unpaired) electrons. The van der Waals surface area contributed by atoms with Crippen molar-refractivity contribution in [3.8, 4) is 17.2 Å². The quantitative estimate of drug-likeness (QED) is 0.587.